The molecule has 0 bridgehead atoms. The van der Waals surface area contributed by atoms with E-state index < -0.39 is 12.7 Å². The summed E-state index contributed by atoms with van der Waals surface area (Å²) in [6.45, 7) is 2.32. The highest BCUT2D eigenvalue weighted by atomic mass is 32.2. The van der Waals surface area contributed by atoms with E-state index in [1.54, 1.807) is 31.0 Å². The van der Waals surface area contributed by atoms with Crippen molar-refractivity contribution in [3.05, 3.63) is 48.2 Å². The number of rotatable bonds is 10. The number of ether oxygens (including phenoxy) is 1. The number of thioether (sulfide) groups is 2. The Morgan fingerprint density at radius 2 is 1.87 bits per heavy atom. The molecule has 2 N–H and O–H groups in total. The molecule has 0 atom stereocenters. The van der Waals surface area contributed by atoms with Gasteiger partial charge in [-0.25, -0.2) is 0 Å². The Labute approximate surface area is 237 Å². The highest BCUT2D eigenvalue weighted by molar-refractivity contribution is 7.98. The van der Waals surface area contributed by atoms with Gasteiger partial charge in [0.25, 0.3) is 0 Å². The zero-order valence-electron chi connectivity index (χ0n) is 22.5. The van der Waals surface area contributed by atoms with Gasteiger partial charge >= 0.3 is 6.18 Å². The number of piperidine rings is 1. The Hall–Kier alpha value is -2.61. The van der Waals surface area contributed by atoms with Gasteiger partial charge in [0.2, 0.25) is 0 Å². The second kappa shape index (κ2) is 13.6. The molecule has 0 aliphatic carbocycles. The van der Waals surface area contributed by atoms with Crippen molar-refractivity contribution in [1.29, 1.82) is 0 Å². The third-order valence-corrected chi connectivity index (χ3v) is 8.15. The van der Waals surface area contributed by atoms with Crippen molar-refractivity contribution in [2.45, 2.75) is 36.5 Å². The quantitative estimate of drug-likeness (QED) is 0.208. The minimum Gasteiger partial charge on any atom is -0.495 e. The number of benzene rings is 2. The van der Waals surface area contributed by atoms with Crippen molar-refractivity contribution in [2.75, 3.05) is 62.2 Å². The van der Waals surface area contributed by atoms with Crippen LogP contribution in [0.1, 0.15) is 18.5 Å². The van der Waals surface area contributed by atoms with Crippen LogP contribution in [0.5, 0.6) is 5.75 Å². The first kappa shape index (κ1) is 29.4. The van der Waals surface area contributed by atoms with Crippen LogP contribution in [0.2, 0.25) is 0 Å². The zero-order valence-corrected chi connectivity index (χ0v) is 24.2. The summed E-state index contributed by atoms with van der Waals surface area (Å²) in [5.74, 6) is 7.80. The molecule has 0 saturated carbocycles. The van der Waals surface area contributed by atoms with Gasteiger partial charge in [-0.05, 0) is 67.7 Å². The van der Waals surface area contributed by atoms with Crippen molar-refractivity contribution in [1.82, 2.24) is 9.47 Å². The fourth-order valence-electron chi connectivity index (χ4n) is 4.82. The van der Waals surface area contributed by atoms with E-state index in [1.807, 2.05) is 48.3 Å². The summed E-state index contributed by atoms with van der Waals surface area (Å²) >= 11 is 3.47. The molecule has 2 aromatic carbocycles. The summed E-state index contributed by atoms with van der Waals surface area (Å²) in [4.78, 5) is 3.55. The molecule has 3 aromatic rings. The van der Waals surface area contributed by atoms with Crippen LogP contribution >= 0.6 is 23.5 Å². The van der Waals surface area contributed by atoms with Gasteiger partial charge in [0, 0.05) is 47.4 Å². The van der Waals surface area contributed by atoms with Gasteiger partial charge in [-0.2, -0.15) is 24.9 Å². The molecule has 0 unspecified atom stereocenters. The van der Waals surface area contributed by atoms with Crippen molar-refractivity contribution >= 4 is 45.8 Å². The van der Waals surface area contributed by atoms with Crippen LogP contribution in [-0.2, 0) is 6.54 Å². The number of nitrogens with one attached hydrogen (secondary N) is 2. The summed E-state index contributed by atoms with van der Waals surface area (Å²) in [6.07, 6.45) is 1.77. The Kier molecular flexibility index (Phi) is 10.3. The molecule has 10 heteroatoms. The Balaban J connectivity index is 1.53. The third kappa shape index (κ3) is 7.96. The lowest BCUT2D eigenvalue weighted by Crippen LogP contribution is -2.40. The van der Waals surface area contributed by atoms with Crippen LogP contribution in [-0.4, -0.2) is 73.2 Å². The molecule has 2 heterocycles. The van der Waals surface area contributed by atoms with Gasteiger partial charge in [-0.15, -0.1) is 11.8 Å². The Bertz CT molecular complexity index is 1310. The van der Waals surface area contributed by atoms with Crippen molar-refractivity contribution < 1.29 is 17.9 Å². The number of halogens is 3. The van der Waals surface area contributed by atoms with Crippen molar-refractivity contribution in [3.63, 3.8) is 0 Å². The average Bonchev–Trinajstić information content (AvgIpc) is 3.27. The first-order valence-corrected chi connectivity index (χ1v) is 15.5. The van der Waals surface area contributed by atoms with E-state index in [0.717, 1.165) is 59.9 Å². The number of nitrogens with zero attached hydrogens (tertiary/aromatic N) is 2. The molecule has 1 fully saturated rings. The predicted molar refractivity (Wildman–Crippen MR) is 160 cm³/mol. The molecular weight excluding hydrogens is 541 g/mol. The fraction of sp³-hybridized carbons (Fsp3) is 0.448. The van der Waals surface area contributed by atoms with E-state index in [0.29, 0.717) is 23.0 Å². The molecular formula is C29H35F3N4OS2. The average molecular weight is 577 g/mol. The van der Waals surface area contributed by atoms with Crippen LogP contribution in [0, 0.1) is 11.8 Å². The van der Waals surface area contributed by atoms with Gasteiger partial charge in [0.1, 0.15) is 12.3 Å². The van der Waals surface area contributed by atoms with E-state index in [4.69, 9.17) is 4.74 Å². The van der Waals surface area contributed by atoms with E-state index in [-0.39, 0.29) is 6.54 Å². The molecule has 39 heavy (non-hydrogen) atoms. The van der Waals surface area contributed by atoms with Crippen LogP contribution in [0.15, 0.2) is 47.4 Å². The van der Waals surface area contributed by atoms with E-state index in [9.17, 15) is 13.2 Å². The molecule has 0 spiro atoms. The number of likely N-dealkylation sites (tertiary alicyclic amines) is 1. The van der Waals surface area contributed by atoms with Gasteiger partial charge in [0.05, 0.1) is 30.6 Å². The highest BCUT2D eigenvalue weighted by Crippen LogP contribution is 2.32. The lowest BCUT2D eigenvalue weighted by atomic mass is 10.0. The van der Waals surface area contributed by atoms with E-state index in [1.165, 1.54) is 4.57 Å². The van der Waals surface area contributed by atoms with Crippen LogP contribution in [0.3, 0.4) is 0 Å². The topological polar surface area (TPSA) is 41.5 Å². The predicted octanol–water partition coefficient (Wildman–Crippen LogP) is 6.64. The number of hydrogen-bond acceptors (Lipinski definition) is 6. The summed E-state index contributed by atoms with van der Waals surface area (Å²) in [6, 6.07) is 13.4. The standard InChI is InChI=1S/C29H35F3N4OS2/c1-37-28-19-23(39-3)9-10-26(28)33-13-5-6-22-18-24-25(7-4-8-27(24)36(22)20-29(30,31)32)34-21-11-14-35(15-12-21)16-17-38-2/h4,7-10,18-19,21,33-34H,11-17,20H2,1-3H3. The monoisotopic (exact) mass is 576 g/mol. The SMILES string of the molecule is COc1cc(SC)ccc1NCC#Cc1cc2c(NC3CCN(CCSC)CC3)cccc2n1CC(F)(F)F. The van der Waals surface area contributed by atoms with Gasteiger partial charge < -0.3 is 24.8 Å². The second-order valence-corrected chi connectivity index (χ2v) is 11.3. The minimum absolute atomic E-state index is 0.267. The highest BCUT2D eigenvalue weighted by Gasteiger charge is 2.30. The number of methoxy groups -OCH3 is 1. The number of hydrogen-bond donors (Lipinski definition) is 2. The second-order valence-electron chi connectivity index (χ2n) is 9.44. The molecule has 1 saturated heterocycles. The number of alkyl halides is 3. The van der Waals surface area contributed by atoms with Crippen LogP contribution in [0.25, 0.3) is 10.9 Å². The molecule has 210 valence electrons. The summed E-state index contributed by atoms with van der Waals surface area (Å²) < 4.78 is 47.4. The maximum absolute atomic E-state index is 13.6. The maximum Gasteiger partial charge on any atom is 0.406 e. The zero-order chi connectivity index (χ0) is 27.8. The molecule has 4 rings (SSSR count). The van der Waals surface area contributed by atoms with Gasteiger partial charge in [0.15, 0.2) is 0 Å². The smallest absolute Gasteiger partial charge is 0.406 e. The fourth-order valence-corrected chi connectivity index (χ4v) is 5.69. The number of fused-ring (bicyclic) bond motifs is 1. The van der Waals surface area contributed by atoms with Crippen molar-refractivity contribution in [3.8, 4) is 17.6 Å². The van der Waals surface area contributed by atoms with Gasteiger partial charge in [-0.3, -0.25) is 0 Å². The number of anilines is 2. The normalized spacial score (nSPS) is 14.7. The molecule has 1 aliphatic rings. The lowest BCUT2D eigenvalue weighted by molar-refractivity contribution is -0.140. The summed E-state index contributed by atoms with van der Waals surface area (Å²) in [7, 11) is 1.60. The van der Waals surface area contributed by atoms with Gasteiger partial charge in [-0.1, -0.05) is 12.0 Å². The first-order chi connectivity index (χ1) is 18.8. The summed E-state index contributed by atoms with van der Waals surface area (Å²) in [5, 5.41) is 7.59. The summed E-state index contributed by atoms with van der Waals surface area (Å²) in [5.41, 5.74) is 2.51. The van der Waals surface area contributed by atoms with Crippen LogP contribution in [0.4, 0.5) is 24.5 Å². The largest absolute Gasteiger partial charge is 0.495 e. The molecule has 1 aliphatic heterocycles. The Morgan fingerprint density at radius 3 is 2.56 bits per heavy atom. The minimum atomic E-state index is -4.36. The molecule has 5 nitrogen and oxygen atoms in total. The number of aromatic nitrogens is 1. The maximum atomic E-state index is 13.6. The van der Waals surface area contributed by atoms with Crippen LogP contribution < -0.4 is 15.4 Å². The first-order valence-electron chi connectivity index (χ1n) is 12.9. The molecule has 0 amide bonds. The van der Waals surface area contributed by atoms with Crippen molar-refractivity contribution in [2.24, 2.45) is 0 Å². The molecule has 0 radical (unpaired) electrons. The van der Waals surface area contributed by atoms with E-state index >= 15 is 0 Å². The Morgan fingerprint density at radius 1 is 1.08 bits per heavy atom. The third-order valence-electron chi connectivity index (χ3n) is 6.83. The lowest BCUT2D eigenvalue weighted by Gasteiger charge is -2.32. The molecule has 1 aromatic heterocycles. The van der Waals surface area contributed by atoms with E-state index in [2.05, 4.69) is 33.6 Å².